The third-order valence-corrected chi connectivity index (χ3v) is 6.48. The molecular weight excluding hydrogens is 476 g/mol. The van der Waals surface area contributed by atoms with E-state index in [0.29, 0.717) is 22.5 Å². The first kappa shape index (κ1) is 23.8. The second-order valence-corrected chi connectivity index (χ2v) is 10.3. The van der Waals surface area contributed by atoms with E-state index >= 15 is 0 Å². The maximum absolute atomic E-state index is 8.90. The molecule has 0 spiro atoms. The third kappa shape index (κ3) is 5.02. The van der Waals surface area contributed by atoms with Crippen LogP contribution in [0.2, 0.25) is 5.02 Å². The molecule has 2 N–H and O–H groups in total. The predicted molar refractivity (Wildman–Crippen MR) is 140 cm³/mol. The SMILES string of the molecule is CC(C)(C)c1cnc2cc(Nc3ncc(Cl)c(NC4CCN(c5ccc(C#N)nn5)CC4)n3)ccn12. The van der Waals surface area contributed by atoms with Gasteiger partial charge in [-0.3, -0.25) is 0 Å². The molecule has 10 nitrogen and oxygen atoms in total. The number of anilines is 4. The summed E-state index contributed by atoms with van der Waals surface area (Å²) >= 11 is 6.41. The van der Waals surface area contributed by atoms with E-state index in [1.807, 2.05) is 36.7 Å². The number of nitriles is 1. The number of imidazole rings is 1. The smallest absolute Gasteiger partial charge is 0.229 e. The molecule has 1 fully saturated rings. The van der Waals surface area contributed by atoms with Crippen molar-refractivity contribution in [2.75, 3.05) is 28.6 Å². The zero-order chi connectivity index (χ0) is 25.3. The van der Waals surface area contributed by atoms with Crippen LogP contribution in [0.4, 0.5) is 23.3 Å². The Balaban J connectivity index is 1.24. The normalized spacial score (nSPS) is 14.6. The summed E-state index contributed by atoms with van der Waals surface area (Å²) in [7, 11) is 0. The Labute approximate surface area is 214 Å². The van der Waals surface area contributed by atoms with Gasteiger partial charge in [0.05, 0.1) is 6.20 Å². The van der Waals surface area contributed by atoms with E-state index < -0.39 is 0 Å². The molecule has 0 saturated carbocycles. The fraction of sp³-hybridized carbons (Fsp3) is 0.360. The van der Waals surface area contributed by atoms with Crippen LogP contribution in [0.3, 0.4) is 0 Å². The number of hydrogen-bond donors (Lipinski definition) is 2. The van der Waals surface area contributed by atoms with Crippen molar-refractivity contribution in [2.45, 2.75) is 45.1 Å². The highest BCUT2D eigenvalue weighted by Crippen LogP contribution is 2.27. The van der Waals surface area contributed by atoms with Crippen molar-refractivity contribution in [3.05, 3.63) is 59.3 Å². The molecule has 0 bridgehead atoms. The lowest BCUT2D eigenvalue weighted by Crippen LogP contribution is -2.39. The van der Waals surface area contributed by atoms with Crippen LogP contribution < -0.4 is 15.5 Å². The van der Waals surface area contributed by atoms with Crippen LogP contribution in [-0.2, 0) is 5.41 Å². The van der Waals surface area contributed by atoms with Gasteiger partial charge < -0.3 is 19.9 Å². The lowest BCUT2D eigenvalue weighted by atomic mass is 9.93. The van der Waals surface area contributed by atoms with Crippen molar-refractivity contribution in [1.82, 2.24) is 29.5 Å². The van der Waals surface area contributed by atoms with Crippen LogP contribution in [0.15, 0.2) is 42.9 Å². The molecule has 4 aromatic heterocycles. The highest BCUT2D eigenvalue weighted by molar-refractivity contribution is 6.32. The van der Waals surface area contributed by atoms with Crippen molar-refractivity contribution in [3.8, 4) is 6.07 Å². The number of pyridine rings is 1. The average molecular weight is 503 g/mol. The van der Waals surface area contributed by atoms with Gasteiger partial charge in [0.25, 0.3) is 0 Å². The van der Waals surface area contributed by atoms with Gasteiger partial charge in [0, 0.05) is 54.4 Å². The van der Waals surface area contributed by atoms with Crippen molar-refractivity contribution in [2.24, 2.45) is 0 Å². The van der Waals surface area contributed by atoms with Gasteiger partial charge in [-0.2, -0.15) is 10.2 Å². The van der Waals surface area contributed by atoms with E-state index in [1.54, 1.807) is 12.3 Å². The number of piperidine rings is 1. The summed E-state index contributed by atoms with van der Waals surface area (Å²) < 4.78 is 2.09. The zero-order valence-corrected chi connectivity index (χ0v) is 21.2. The Morgan fingerprint density at radius 2 is 1.89 bits per heavy atom. The molecule has 1 saturated heterocycles. The molecule has 0 radical (unpaired) electrons. The quantitative estimate of drug-likeness (QED) is 0.404. The van der Waals surface area contributed by atoms with Crippen LogP contribution >= 0.6 is 11.6 Å². The molecule has 5 rings (SSSR count). The molecule has 0 aromatic carbocycles. The van der Waals surface area contributed by atoms with Gasteiger partial charge in [-0.1, -0.05) is 32.4 Å². The van der Waals surface area contributed by atoms with Crippen LogP contribution in [-0.4, -0.2) is 48.7 Å². The average Bonchev–Trinajstić information content (AvgIpc) is 3.31. The minimum atomic E-state index is -0.000205. The monoisotopic (exact) mass is 502 g/mol. The number of aromatic nitrogens is 6. The molecule has 4 aromatic rings. The van der Waals surface area contributed by atoms with E-state index in [1.165, 1.54) is 0 Å². The second kappa shape index (κ2) is 9.59. The minimum Gasteiger partial charge on any atom is -0.366 e. The van der Waals surface area contributed by atoms with Gasteiger partial charge in [-0.05, 0) is 31.0 Å². The van der Waals surface area contributed by atoms with E-state index in [2.05, 4.69) is 65.9 Å². The standard InChI is InChI=1S/C25H27ClN10/c1-25(2,3)20-15-28-22-12-17(8-11-36(20)22)31-24-29-14-19(26)23(32-24)30-16-6-9-35(10-7-16)21-5-4-18(13-27)33-34-21/h4-5,8,11-12,14-16H,6-7,9-10H2,1-3H3,(H2,29,30,31,32). The van der Waals surface area contributed by atoms with Gasteiger partial charge in [-0.25, -0.2) is 9.97 Å². The molecule has 1 aliphatic heterocycles. The molecule has 0 unspecified atom stereocenters. The molecule has 11 heteroatoms. The Hall–Kier alpha value is -3.97. The molecule has 0 atom stereocenters. The molecule has 0 aliphatic carbocycles. The topological polar surface area (TPSA) is 120 Å². The number of nitrogens with zero attached hydrogens (tertiary/aromatic N) is 8. The zero-order valence-electron chi connectivity index (χ0n) is 20.4. The largest absolute Gasteiger partial charge is 0.366 e. The summed E-state index contributed by atoms with van der Waals surface area (Å²) in [6, 6.07) is 9.69. The van der Waals surface area contributed by atoms with Crippen molar-refractivity contribution < 1.29 is 0 Å². The first-order valence-corrected chi connectivity index (χ1v) is 12.2. The van der Waals surface area contributed by atoms with E-state index in [9.17, 15) is 0 Å². The summed E-state index contributed by atoms with van der Waals surface area (Å²) in [5, 5.41) is 24.2. The maximum atomic E-state index is 8.90. The van der Waals surface area contributed by atoms with Crippen LogP contribution in [0.5, 0.6) is 0 Å². The Morgan fingerprint density at radius 1 is 1.08 bits per heavy atom. The van der Waals surface area contributed by atoms with Gasteiger partial charge in [0.15, 0.2) is 17.3 Å². The highest BCUT2D eigenvalue weighted by Gasteiger charge is 2.22. The Morgan fingerprint density at radius 3 is 2.58 bits per heavy atom. The van der Waals surface area contributed by atoms with E-state index in [4.69, 9.17) is 16.9 Å². The summed E-state index contributed by atoms with van der Waals surface area (Å²) in [6.45, 7) is 8.14. The van der Waals surface area contributed by atoms with E-state index in [-0.39, 0.29) is 11.5 Å². The summed E-state index contributed by atoms with van der Waals surface area (Å²) in [5.74, 6) is 1.84. The molecule has 36 heavy (non-hydrogen) atoms. The highest BCUT2D eigenvalue weighted by atomic mass is 35.5. The molecule has 5 heterocycles. The molecular formula is C25H27ClN10. The number of fused-ring (bicyclic) bond motifs is 1. The molecule has 0 amide bonds. The van der Waals surface area contributed by atoms with Crippen molar-refractivity contribution in [1.29, 1.82) is 5.26 Å². The van der Waals surface area contributed by atoms with Crippen molar-refractivity contribution >= 4 is 40.5 Å². The van der Waals surface area contributed by atoms with Crippen LogP contribution in [0.25, 0.3) is 5.65 Å². The number of hydrogen-bond acceptors (Lipinski definition) is 9. The van der Waals surface area contributed by atoms with Crippen LogP contribution in [0, 0.1) is 11.3 Å². The predicted octanol–water partition coefficient (Wildman–Crippen LogP) is 4.56. The number of halogens is 1. The van der Waals surface area contributed by atoms with Crippen LogP contribution in [0.1, 0.15) is 45.0 Å². The summed E-state index contributed by atoms with van der Waals surface area (Å²) in [5.41, 5.74) is 3.17. The number of rotatable bonds is 5. The second-order valence-electron chi connectivity index (χ2n) is 9.85. The minimum absolute atomic E-state index is 0.000205. The first-order chi connectivity index (χ1) is 17.3. The van der Waals surface area contributed by atoms with Gasteiger partial charge in [0.1, 0.15) is 16.7 Å². The number of nitrogens with one attached hydrogen (secondary N) is 2. The maximum Gasteiger partial charge on any atom is 0.229 e. The summed E-state index contributed by atoms with van der Waals surface area (Å²) in [4.78, 5) is 15.7. The lowest BCUT2D eigenvalue weighted by Gasteiger charge is -2.33. The van der Waals surface area contributed by atoms with Gasteiger partial charge in [-0.15, -0.1) is 10.2 Å². The Kier molecular flexibility index (Phi) is 6.33. The molecule has 1 aliphatic rings. The van der Waals surface area contributed by atoms with Gasteiger partial charge >= 0.3 is 0 Å². The van der Waals surface area contributed by atoms with Crippen molar-refractivity contribution in [3.63, 3.8) is 0 Å². The third-order valence-electron chi connectivity index (χ3n) is 6.21. The van der Waals surface area contributed by atoms with Gasteiger partial charge in [0.2, 0.25) is 5.95 Å². The Bertz CT molecular complexity index is 1410. The molecule has 184 valence electrons. The van der Waals surface area contributed by atoms with E-state index in [0.717, 1.165) is 48.8 Å². The fourth-order valence-electron chi connectivity index (χ4n) is 4.27. The fourth-order valence-corrected chi connectivity index (χ4v) is 4.42. The lowest BCUT2D eigenvalue weighted by molar-refractivity contribution is 0.521. The summed E-state index contributed by atoms with van der Waals surface area (Å²) in [6.07, 6.45) is 7.30. The first-order valence-electron chi connectivity index (χ1n) is 11.8.